The van der Waals surface area contributed by atoms with Gasteiger partial charge in [0.05, 0.1) is 11.4 Å². The lowest BCUT2D eigenvalue weighted by atomic mass is 10.1. The van der Waals surface area contributed by atoms with E-state index in [1.54, 1.807) is 0 Å². The Morgan fingerprint density at radius 2 is 1.80 bits per heavy atom. The first kappa shape index (κ1) is 13.3. The van der Waals surface area contributed by atoms with Gasteiger partial charge in [-0.2, -0.15) is 0 Å². The van der Waals surface area contributed by atoms with Crippen LogP contribution in [-0.2, 0) is 6.54 Å². The molecule has 1 saturated heterocycles. The van der Waals surface area contributed by atoms with E-state index < -0.39 is 0 Å². The smallest absolute Gasteiger partial charge is 0.226 e. The van der Waals surface area contributed by atoms with E-state index in [-0.39, 0.29) is 0 Å². The second-order valence-electron chi connectivity index (χ2n) is 4.95. The summed E-state index contributed by atoms with van der Waals surface area (Å²) in [7, 11) is 0. The van der Waals surface area contributed by atoms with Crippen molar-refractivity contribution in [1.82, 2.24) is 9.97 Å². The number of rotatable bonds is 3. The van der Waals surface area contributed by atoms with E-state index in [0.29, 0.717) is 6.54 Å². The summed E-state index contributed by atoms with van der Waals surface area (Å²) in [6.07, 6.45) is 2.40. The number of benzene rings is 1. The molecule has 1 aliphatic heterocycles. The van der Waals surface area contributed by atoms with Crippen molar-refractivity contribution in [3.8, 4) is 11.3 Å². The first-order valence-electron chi connectivity index (χ1n) is 6.85. The minimum atomic E-state index is 0.421. The molecule has 3 rings (SSSR count). The Hall–Kier alpha value is -1.65. The molecule has 0 spiro atoms. The summed E-state index contributed by atoms with van der Waals surface area (Å²) in [4.78, 5) is 11.4. The SMILES string of the molecule is NCc1cc(-c2ccc(Cl)cc2)nc(N2CCCC2)n1. The Morgan fingerprint density at radius 3 is 2.45 bits per heavy atom. The maximum absolute atomic E-state index is 5.93. The number of hydrogen-bond acceptors (Lipinski definition) is 4. The van der Waals surface area contributed by atoms with Gasteiger partial charge in [0.2, 0.25) is 5.95 Å². The average Bonchev–Trinajstić information content (AvgIpc) is 3.02. The maximum Gasteiger partial charge on any atom is 0.226 e. The zero-order chi connectivity index (χ0) is 13.9. The third kappa shape index (κ3) is 2.76. The summed E-state index contributed by atoms with van der Waals surface area (Å²) in [6, 6.07) is 9.63. The van der Waals surface area contributed by atoms with Crippen molar-refractivity contribution < 1.29 is 0 Å². The molecular formula is C15H17ClN4. The van der Waals surface area contributed by atoms with Crippen LogP contribution >= 0.6 is 11.6 Å². The van der Waals surface area contributed by atoms with Crippen molar-refractivity contribution in [2.45, 2.75) is 19.4 Å². The molecule has 0 saturated carbocycles. The van der Waals surface area contributed by atoms with Crippen molar-refractivity contribution in [3.63, 3.8) is 0 Å². The van der Waals surface area contributed by atoms with Gasteiger partial charge in [-0.3, -0.25) is 0 Å². The highest BCUT2D eigenvalue weighted by atomic mass is 35.5. The first-order chi connectivity index (χ1) is 9.76. The van der Waals surface area contributed by atoms with Crippen LogP contribution in [0, 0.1) is 0 Å². The maximum atomic E-state index is 5.93. The summed E-state index contributed by atoms with van der Waals surface area (Å²) in [5.74, 6) is 0.787. The lowest BCUT2D eigenvalue weighted by Gasteiger charge is -2.17. The number of anilines is 1. The van der Waals surface area contributed by atoms with E-state index >= 15 is 0 Å². The van der Waals surface area contributed by atoms with Gasteiger partial charge in [-0.1, -0.05) is 23.7 Å². The molecule has 0 bridgehead atoms. The van der Waals surface area contributed by atoms with Gasteiger partial charge >= 0.3 is 0 Å². The van der Waals surface area contributed by atoms with Gasteiger partial charge in [0.15, 0.2) is 0 Å². The Balaban J connectivity index is 2.01. The fourth-order valence-electron chi connectivity index (χ4n) is 2.42. The Morgan fingerprint density at radius 1 is 1.10 bits per heavy atom. The molecule has 2 N–H and O–H groups in total. The van der Waals surface area contributed by atoms with Crippen molar-refractivity contribution in [2.24, 2.45) is 5.73 Å². The monoisotopic (exact) mass is 288 g/mol. The quantitative estimate of drug-likeness (QED) is 0.943. The summed E-state index contributed by atoms with van der Waals surface area (Å²) < 4.78 is 0. The molecule has 0 amide bonds. The molecule has 20 heavy (non-hydrogen) atoms. The van der Waals surface area contributed by atoms with Crippen LogP contribution in [0.2, 0.25) is 5.02 Å². The molecular weight excluding hydrogens is 272 g/mol. The van der Waals surface area contributed by atoms with Crippen LogP contribution in [0.5, 0.6) is 0 Å². The summed E-state index contributed by atoms with van der Waals surface area (Å²) in [5, 5.41) is 0.724. The molecule has 1 aromatic carbocycles. The Kier molecular flexibility index (Phi) is 3.85. The number of halogens is 1. The topological polar surface area (TPSA) is 55.0 Å². The first-order valence-corrected chi connectivity index (χ1v) is 7.23. The predicted octanol–water partition coefficient (Wildman–Crippen LogP) is 2.86. The highest BCUT2D eigenvalue weighted by molar-refractivity contribution is 6.30. The molecule has 4 nitrogen and oxygen atoms in total. The van der Waals surface area contributed by atoms with E-state index in [9.17, 15) is 0 Å². The lowest BCUT2D eigenvalue weighted by molar-refractivity contribution is 0.870. The molecule has 2 heterocycles. The molecule has 5 heteroatoms. The van der Waals surface area contributed by atoms with Crippen molar-refractivity contribution in [3.05, 3.63) is 41.0 Å². The summed E-state index contributed by atoms with van der Waals surface area (Å²) in [6.45, 7) is 2.46. The van der Waals surface area contributed by atoms with Crippen LogP contribution in [-0.4, -0.2) is 23.1 Å². The number of nitrogens with zero attached hydrogens (tertiary/aromatic N) is 3. The van der Waals surface area contributed by atoms with Crippen molar-refractivity contribution in [1.29, 1.82) is 0 Å². The van der Waals surface area contributed by atoms with Gasteiger partial charge in [0.25, 0.3) is 0 Å². The largest absolute Gasteiger partial charge is 0.341 e. The molecule has 0 aliphatic carbocycles. The number of hydrogen-bond donors (Lipinski definition) is 1. The van der Waals surface area contributed by atoms with Crippen LogP contribution in [0.1, 0.15) is 18.5 Å². The molecule has 0 radical (unpaired) electrons. The zero-order valence-corrected chi connectivity index (χ0v) is 12.0. The van der Waals surface area contributed by atoms with Crippen LogP contribution < -0.4 is 10.6 Å². The lowest BCUT2D eigenvalue weighted by Crippen LogP contribution is -2.21. The van der Waals surface area contributed by atoms with E-state index in [1.165, 1.54) is 12.8 Å². The van der Waals surface area contributed by atoms with E-state index in [4.69, 9.17) is 17.3 Å². The van der Waals surface area contributed by atoms with Gasteiger partial charge in [-0.25, -0.2) is 9.97 Å². The van der Waals surface area contributed by atoms with E-state index in [1.807, 2.05) is 30.3 Å². The molecule has 0 unspecified atom stereocenters. The molecule has 1 aliphatic rings. The van der Waals surface area contributed by atoms with Gasteiger partial charge in [-0.05, 0) is 31.0 Å². The fraction of sp³-hybridized carbons (Fsp3) is 0.333. The van der Waals surface area contributed by atoms with Gasteiger partial charge < -0.3 is 10.6 Å². The van der Waals surface area contributed by atoms with E-state index in [0.717, 1.165) is 41.0 Å². The molecule has 1 fully saturated rings. The third-order valence-electron chi connectivity index (χ3n) is 3.51. The van der Waals surface area contributed by atoms with Gasteiger partial charge in [0, 0.05) is 30.2 Å². The van der Waals surface area contributed by atoms with Crippen LogP contribution in [0.15, 0.2) is 30.3 Å². The summed E-state index contributed by atoms with van der Waals surface area (Å²) in [5.41, 5.74) is 8.56. The highest BCUT2D eigenvalue weighted by Gasteiger charge is 2.16. The zero-order valence-electron chi connectivity index (χ0n) is 11.2. The van der Waals surface area contributed by atoms with Crippen molar-refractivity contribution >= 4 is 17.5 Å². The molecule has 1 aromatic heterocycles. The average molecular weight is 289 g/mol. The van der Waals surface area contributed by atoms with Crippen LogP contribution in [0.3, 0.4) is 0 Å². The molecule has 104 valence electrons. The Bertz CT molecular complexity index is 591. The second-order valence-corrected chi connectivity index (χ2v) is 5.39. The summed E-state index contributed by atoms with van der Waals surface area (Å²) >= 11 is 5.93. The van der Waals surface area contributed by atoms with Gasteiger partial charge in [-0.15, -0.1) is 0 Å². The highest BCUT2D eigenvalue weighted by Crippen LogP contribution is 2.24. The van der Waals surface area contributed by atoms with E-state index in [2.05, 4.69) is 14.9 Å². The second kappa shape index (κ2) is 5.77. The van der Waals surface area contributed by atoms with Crippen LogP contribution in [0.25, 0.3) is 11.3 Å². The number of nitrogens with two attached hydrogens (primary N) is 1. The normalized spacial score (nSPS) is 14.8. The third-order valence-corrected chi connectivity index (χ3v) is 3.76. The molecule has 2 aromatic rings. The molecule has 0 atom stereocenters. The number of aromatic nitrogens is 2. The Labute approximate surface area is 123 Å². The minimum absolute atomic E-state index is 0.421. The van der Waals surface area contributed by atoms with Crippen molar-refractivity contribution in [2.75, 3.05) is 18.0 Å². The van der Waals surface area contributed by atoms with Gasteiger partial charge in [0.1, 0.15) is 0 Å². The predicted molar refractivity (Wildman–Crippen MR) is 81.8 cm³/mol. The van der Waals surface area contributed by atoms with Crippen LogP contribution in [0.4, 0.5) is 5.95 Å². The fourth-order valence-corrected chi connectivity index (χ4v) is 2.54. The standard InChI is InChI=1S/C15H17ClN4/c16-12-5-3-11(4-6-12)14-9-13(10-17)18-15(19-14)20-7-1-2-8-20/h3-6,9H,1-2,7-8,10,17H2. The minimum Gasteiger partial charge on any atom is -0.341 e.